The van der Waals surface area contributed by atoms with Gasteiger partial charge < -0.3 is 15.5 Å². The number of hydrogen-bond donors (Lipinski definition) is 3. The summed E-state index contributed by atoms with van der Waals surface area (Å²) in [5.74, 6) is 0.190. The third kappa shape index (κ3) is 3.02. The molecule has 0 aromatic heterocycles. The van der Waals surface area contributed by atoms with Crippen LogP contribution in [0.3, 0.4) is 0 Å². The summed E-state index contributed by atoms with van der Waals surface area (Å²) in [6, 6.07) is 15.0. The van der Waals surface area contributed by atoms with Crippen LogP contribution in [0.1, 0.15) is 24.1 Å². The number of phenols is 2. The van der Waals surface area contributed by atoms with Gasteiger partial charge in [-0.15, -0.1) is 0 Å². The van der Waals surface area contributed by atoms with E-state index in [2.05, 4.69) is 24.4 Å². The lowest BCUT2D eigenvalue weighted by atomic mass is 10.1. The minimum Gasteiger partial charge on any atom is -0.508 e. The van der Waals surface area contributed by atoms with Gasteiger partial charge in [-0.3, -0.25) is 0 Å². The van der Waals surface area contributed by atoms with Crippen LogP contribution in [0, 0.1) is 0 Å². The van der Waals surface area contributed by atoms with Crippen LogP contribution in [0.15, 0.2) is 48.5 Å². The Balaban J connectivity index is 1.99. The standard InChI is InChI=1S/C15H17NO2/c1-11(12-5-3-2-4-6-12)16-10-13-7-8-14(17)9-15(13)18/h2-9,11,16-18H,10H2,1H3/t11-/m0/s1. The molecule has 3 N–H and O–H groups in total. The number of nitrogens with one attached hydrogen (secondary N) is 1. The molecule has 0 aliphatic rings. The summed E-state index contributed by atoms with van der Waals surface area (Å²) in [7, 11) is 0. The zero-order valence-electron chi connectivity index (χ0n) is 10.3. The fraction of sp³-hybridized carbons (Fsp3) is 0.200. The second-order valence-corrected chi connectivity index (χ2v) is 4.33. The van der Waals surface area contributed by atoms with E-state index in [-0.39, 0.29) is 17.5 Å². The normalized spacial score (nSPS) is 12.3. The van der Waals surface area contributed by atoms with Crippen LogP contribution >= 0.6 is 0 Å². The van der Waals surface area contributed by atoms with Crippen LogP contribution in [0.25, 0.3) is 0 Å². The topological polar surface area (TPSA) is 52.5 Å². The molecule has 2 aromatic carbocycles. The second-order valence-electron chi connectivity index (χ2n) is 4.33. The van der Waals surface area contributed by atoms with Crippen molar-refractivity contribution in [3.63, 3.8) is 0 Å². The third-order valence-electron chi connectivity index (χ3n) is 2.97. The van der Waals surface area contributed by atoms with Crippen molar-refractivity contribution in [2.45, 2.75) is 19.5 Å². The van der Waals surface area contributed by atoms with E-state index in [1.807, 2.05) is 18.2 Å². The highest BCUT2D eigenvalue weighted by Gasteiger charge is 2.06. The maximum Gasteiger partial charge on any atom is 0.123 e. The smallest absolute Gasteiger partial charge is 0.123 e. The van der Waals surface area contributed by atoms with E-state index in [1.165, 1.54) is 11.6 Å². The molecule has 2 aromatic rings. The Morgan fingerprint density at radius 1 is 1.06 bits per heavy atom. The third-order valence-corrected chi connectivity index (χ3v) is 2.97. The summed E-state index contributed by atoms with van der Waals surface area (Å²) in [5, 5.41) is 22.2. The van der Waals surface area contributed by atoms with Crippen LogP contribution in [-0.2, 0) is 6.54 Å². The van der Waals surface area contributed by atoms with Gasteiger partial charge in [0.05, 0.1) is 0 Å². The van der Waals surface area contributed by atoms with Gasteiger partial charge in [0, 0.05) is 24.2 Å². The van der Waals surface area contributed by atoms with Gasteiger partial charge in [-0.25, -0.2) is 0 Å². The van der Waals surface area contributed by atoms with Crippen molar-refractivity contribution < 1.29 is 10.2 Å². The van der Waals surface area contributed by atoms with Gasteiger partial charge in [-0.2, -0.15) is 0 Å². The first kappa shape index (κ1) is 12.5. The number of benzene rings is 2. The van der Waals surface area contributed by atoms with E-state index in [1.54, 1.807) is 12.1 Å². The van der Waals surface area contributed by atoms with E-state index in [4.69, 9.17) is 0 Å². The van der Waals surface area contributed by atoms with Gasteiger partial charge in [-0.05, 0) is 18.6 Å². The average molecular weight is 243 g/mol. The number of hydrogen-bond acceptors (Lipinski definition) is 3. The number of rotatable bonds is 4. The zero-order valence-corrected chi connectivity index (χ0v) is 10.3. The number of phenolic OH excluding ortho intramolecular Hbond substituents is 2. The van der Waals surface area contributed by atoms with Gasteiger partial charge >= 0.3 is 0 Å². The van der Waals surface area contributed by atoms with Crippen LogP contribution in [0.2, 0.25) is 0 Å². The zero-order chi connectivity index (χ0) is 13.0. The summed E-state index contributed by atoms with van der Waals surface area (Å²) >= 11 is 0. The van der Waals surface area contributed by atoms with E-state index < -0.39 is 0 Å². The largest absolute Gasteiger partial charge is 0.508 e. The molecule has 2 rings (SSSR count). The molecule has 0 bridgehead atoms. The van der Waals surface area contributed by atoms with Gasteiger partial charge in [0.2, 0.25) is 0 Å². The second kappa shape index (κ2) is 5.56. The number of aromatic hydroxyl groups is 2. The van der Waals surface area contributed by atoms with Crippen LogP contribution in [-0.4, -0.2) is 10.2 Å². The van der Waals surface area contributed by atoms with Crippen LogP contribution < -0.4 is 5.32 Å². The molecule has 3 heteroatoms. The van der Waals surface area contributed by atoms with Gasteiger partial charge in [-0.1, -0.05) is 36.4 Å². The fourth-order valence-corrected chi connectivity index (χ4v) is 1.82. The van der Waals surface area contributed by atoms with Gasteiger partial charge in [0.15, 0.2) is 0 Å². The van der Waals surface area contributed by atoms with Crippen molar-refractivity contribution in [2.75, 3.05) is 0 Å². The molecule has 18 heavy (non-hydrogen) atoms. The van der Waals surface area contributed by atoms with Crippen LogP contribution in [0.4, 0.5) is 0 Å². The molecule has 0 saturated carbocycles. The lowest BCUT2D eigenvalue weighted by Gasteiger charge is -2.14. The highest BCUT2D eigenvalue weighted by molar-refractivity contribution is 5.38. The first-order valence-electron chi connectivity index (χ1n) is 5.96. The summed E-state index contributed by atoms with van der Waals surface area (Å²) < 4.78 is 0. The molecule has 0 fully saturated rings. The first-order valence-corrected chi connectivity index (χ1v) is 5.96. The van der Waals surface area contributed by atoms with E-state index in [0.29, 0.717) is 6.54 Å². The Bertz CT molecular complexity index is 511. The monoisotopic (exact) mass is 243 g/mol. The lowest BCUT2D eigenvalue weighted by Crippen LogP contribution is -2.17. The molecule has 3 nitrogen and oxygen atoms in total. The molecule has 0 saturated heterocycles. The van der Waals surface area contributed by atoms with Crippen molar-refractivity contribution in [2.24, 2.45) is 0 Å². The van der Waals surface area contributed by atoms with E-state index in [0.717, 1.165) is 5.56 Å². The summed E-state index contributed by atoms with van der Waals surface area (Å²) in [5.41, 5.74) is 1.98. The van der Waals surface area contributed by atoms with Crippen molar-refractivity contribution in [3.8, 4) is 11.5 Å². The van der Waals surface area contributed by atoms with Crippen molar-refractivity contribution in [1.82, 2.24) is 5.32 Å². The van der Waals surface area contributed by atoms with Gasteiger partial charge in [0.1, 0.15) is 11.5 Å². The predicted molar refractivity (Wildman–Crippen MR) is 71.5 cm³/mol. The summed E-state index contributed by atoms with van der Waals surface area (Å²) in [6.07, 6.45) is 0. The molecular formula is C15H17NO2. The molecule has 0 radical (unpaired) electrons. The van der Waals surface area contributed by atoms with Crippen molar-refractivity contribution in [1.29, 1.82) is 0 Å². The average Bonchev–Trinajstić information content (AvgIpc) is 2.38. The fourth-order valence-electron chi connectivity index (χ4n) is 1.82. The Morgan fingerprint density at radius 2 is 1.78 bits per heavy atom. The molecule has 0 unspecified atom stereocenters. The van der Waals surface area contributed by atoms with Gasteiger partial charge in [0.25, 0.3) is 0 Å². The molecule has 94 valence electrons. The maximum atomic E-state index is 9.67. The molecule has 0 spiro atoms. The van der Waals surface area contributed by atoms with Crippen molar-refractivity contribution in [3.05, 3.63) is 59.7 Å². The van der Waals surface area contributed by atoms with E-state index >= 15 is 0 Å². The van der Waals surface area contributed by atoms with Crippen LogP contribution in [0.5, 0.6) is 11.5 Å². The molecule has 1 atom stereocenters. The highest BCUT2D eigenvalue weighted by atomic mass is 16.3. The Labute approximate surface area is 107 Å². The predicted octanol–water partition coefficient (Wildman–Crippen LogP) is 2.95. The Morgan fingerprint density at radius 3 is 2.44 bits per heavy atom. The summed E-state index contributed by atoms with van der Waals surface area (Å²) in [6.45, 7) is 2.63. The SMILES string of the molecule is C[C@H](NCc1ccc(O)cc1O)c1ccccc1. The Kier molecular flexibility index (Phi) is 3.85. The summed E-state index contributed by atoms with van der Waals surface area (Å²) in [4.78, 5) is 0. The molecule has 0 aliphatic heterocycles. The maximum absolute atomic E-state index is 9.67. The molecule has 0 heterocycles. The highest BCUT2D eigenvalue weighted by Crippen LogP contribution is 2.23. The molecule has 0 aliphatic carbocycles. The molecule has 0 amide bonds. The minimum atomic E-state index is 0.0763. The lowest BCUT2D eigenvalue weighted by molar-refractivity contribution is 0.441. The van der Waals surface area contributed by atoms with E-state index in [9.17, 15) is 10.2 Å². The Hall–Kier alpha value is -2.00. The first-order chi connectivity index (χ1) is 8.66. The quantitative estimate of drug-likeness (QED) is 0.773. The van der Waals surface area contributed by atoms with Crippen molar-refractivity contribution >= 4 is 0 Å². The minimum absolute atomic E-state index is 0.0763. The molecular weight excluding hydrogens is 226 g/mol.